The smallest absolute Gasteiger partial charge is 0.223 e. The van der Waals surface area contributed by atoms with Crippen molar-refractivity contribution < 1.29 is 0 Å². The fraction of sp³-hybridized carbons (Fsp3) is 0. The number of rotatable bonds is 4. The summed E-state index contributed by atoms with van der Waals surface area (Å²) in [6.07, 6.45) is 0. The Bertz CT molecular complexity index is 2050. The van der Waals surface area contributed by atoms with Crippen molar-refractivity contribution in [1.29, 1.82) is 5.26 Å². The first-order valence-corrected chi connectivity index (χ1v) is 13.3. The van der Waals surface area contributed by atoms with E-state index in [1.165, 1.54) is 21.8 Å². The molecule has 0 spiro atoms. The Morgan fingerprint density at radius 3 is 1.82 bits per heavy atom. The molecule has 0 N–H and O–H groups in total. The number of aromatic nitrogens is 3. The van der Waals surface area contributed by atoms with Crippen molar-refractivity contribution in [3.05, 3.63) is 138 Å². The van der Waals surface area contributed by atoms with Crippen molar-refractivity contribution in [3.63, 3.8) is 0 Å². The van der Waals surface area contributed by atoms with E-state index in [1.807, 2.05) is 24.3 Å². The molecule has 40 heavy (non-hydrogen) atoms. The Morgan fingerprint density at radius 2 is 1.12 bits per heavy atom. The predicted molar refractivity (Wildman–Crippen MR) is 162 cm³/mol. The van der Waals surface area contributed by atoms with Crippen molar-refractivity contribution >= 4 is 33.4 Å². The van der Waals surface area contributed by atoms with Crippen LogP contribution in [0.3, 0.4) is 0 Å². The molecule has 0 saturated carbocycles. The quantitative estimate of drug-likeness (QED) is 0.212. The highest BCUT2D eigenvalue weighted by Crippen LogP contribution is 2.35. The second-order valence-corrected chi connectivity index (χ2v) is 9.93. The molecule has 0 aliphatic carbocycles. The number of hydrogen-bond acceptors (Lipinski definition) is 3. The fourth-order valence-corrected chi connectivity index (χ4v) is 5.45. The molecule has 7 aromatic rings. The second kappa shape index (κ2) is 9.81. The van der Waals surface area contributed by atoms with Gasteiger partial charge in [0.2, 0.25) is 5.28 Å². The van der Waals surface area contributed by atoms with Crippen molar-refractivity contribution in [2.45, 2.75) is 0 Å². The third kappa shape index (κ3) is 4.19. The summed E-state index contributed by atoms with van der Waals surface area (Å²) in [5.74, 6) is 0. The summed E-state index contributed by atoms with van der Waals surface area (Å²) in [6, 6.07) is 45.4. The third-order valence-corrected chi connectivity index (χ3v) is 7.38. The minimum atomic E-state index is 0.182. The van der Waals surface area contributed by atoms with Crippen LogP contribution >= 0.6 is 11.6 Å². The molecular formula is C35H21ClN4. The van der Waals surface area contributed by atoms with Gasteiger partial charge < -0.3 is 4.57 Å². The molecule has 0 saturated heterocycles. The van der Waals surface area contributed by atoms with Crippen molar-refractivity contribution in [2.75, 3.05) is 0 Å². The zero-order chi connectivity index (χ0) is 27.1. The molecule has 0 fully saturated rings. The van der Waals surface area contributed by atoms with Gasteiger partial charge in [0.25, 0.3) is 0 Å². The predicted octanol–water partition coefficient (Wildman–Crippen LogP) is 9.10. The molecule has 2 heterocycles. The first-order valence-electron chi connectivity index (χ1n) is 12.9. The van der Waals surface area contributed by atoms with Gasteiger partial charge in [-0.25, -0.2) is 9.97 Å². The summed E-state index contributed by atoms with van der Waals surface area (Å²) in [4.78, 5) is 8.87. The van der Waals surface area contributed by atoms with Gasteiger partial charge in [-0.3, -0.25) is 0 Å². The van der Waals surface area contributed by atoms with Gasteiger partial charge >= 0.3 is 0 Å². The summed E-state index contributed by atoms with van der Waals surface area (Å²) in [7, 11) is 0. The molecule has 0 bridgehead atoms. The summed E-state index contributed by atoms with van der Waals surface area (Å²) in [6.45, 7) is 0. The van der Waals surface area contributed by atoms with E-state index in [0.29, 0.717) is 11.3 Å². The number of nitrogens with zero attached hydrogens (tertiary/aromatic N) is 4. The Balaban J connectivity index is 1.27. The fourth-order valence-electron chi connectivity index (χ4n) is 5.27. The van der Waals surface area contributed by atoms with Crippen LogP contribution in [0.1, 0.15) is 5.56 Å². The van der Waals surface area contributed by atoms with E-state index >= 15 is 0 Å². The highest BCUT2D eigenvalue weighted by molar-refractivity contribution is 6.28. The molecule has 0 atom stereocenters. The molecule has 0 aliphatic heterocycles. The van der Waals surface area contributed by atoms with Gasteiger partial charge in [0.15, 0.2) is 0 Å². The van der Waals surface area contributed by atoms with Crippen LogP contribution in [0, 0.1) is 11.3 Å². The zero-order valence-electron chi connectivity index (χ0n) is 21.3. The topological polar surface area (TPSA) is 54.5 Å². The van der Waals surface area contributed by atoms with Crippen molar-refractivity contribution in [3.8, 4) is 45.4 Å². The molecule has 5 heteroatoms. The van der Waals surface area contributed by atoms with E-state index in [1.54, 1.807) is 12.1 Å². The van der Waals surface area contributed by atoms with Gasteiger partial charge in [-0.2, -0.15) is 5.26 Å². The monoisotopic (exact) mass is 532 g/mol. The SMILES string of the molecule is N#Cc1ccc(-c2cc(-c3ccc(-c4ccc5c(c4)c4ccccc4n5-c4ccccc4)cc3)nc(Cl)n2)cc1. The van der Waals surface area contributed by atoms with E-state index in [9.17, 15) is 0 Å². The third-order valence-electron chi connectivity index (χ3n) is 7.21. The maximum atomic E-state index is 9.09. The summed E-state index contributed by atoms with van der Waals surface area (Å²) >= 11 is 6.31. The number of nitriles is 1. The maximum Gasteiger partial charge on any atom is 0.223 e. The van der Waals surface area contributed by atoms with Gasteiger partial charge in [-0.1, -0.05) is 78.9 Å². The number of hydrogen-bond donors (Lipinski definition) is 0. The molecule has 4 nitrogen and oxygen atoms in total. The van der Waals surface area contributed by atoms with Crippen LogP contribution in [-0.4, -0.2) is 14.5 Å². The average molecular weight is 533 g/mol. The normalized spacial score (nSPS) is 11.1. The number of halogens is 1. The minimum Gasteiger partial charge on any atom is -0.309 e. The van der Waals surface area contributed by atoms with E-state index in [2.05, 4.69) is 112 Å². The molecule has 7 rings (SSSR count). The standard InChI is InChI=1S/C35H21ClN4/c36-35-38-31(25-12-10-23(22-37)11-13-25)21-32(39-35)26-16-14-24(15-17-26)27-18-19-34-30(20-27)29-8-4-5-9-33(29)40(34)28-6-2-1-3-7-28/h1-21H. The molecule has 5 aromatic carbocycles. The van der Waals surface area contributed by atoms with Crippen LogP contribution in [0.25, 0.3) is 61.1 Å². The Morgan fingerprint density at radius 1 is 0.550 bits per heavy atom. The van der Waals surface area contributed by atoms with Gasteiger partial charge in [0.05, 0.1) is 34.1 Å². The molecule has 0 radical (unpaired) electrons. The van der Waals surface area contributed by atoms with Crippen LogP contribution in [0.4, 0.5) is 0 Å². The highest BCUT2D eigenvalue weighted by atomic mass is 35.5. The molecule has 0 unspecified atom stereocenters. The van der Waals surface area contributed by atoms with Crippen molar-refractivity contribution in [2.24, 2.45) is 0 Å². The van der Waals surface area contributed by atoms with Crippen LogP contribution in [0.15, 0.2) is 127 Å². The van der Waals surface area contributed by atoms with Gasteiger partial charge in [-0.05, 0) is 71.3 Å². The van der Waals surface area contributed by atoms with Gasteiger partial charge in [0, 0.05) is 27.6 Å². The van der Waals surface area contributed by atoms with E-state index in [-0.39, 0.29) is 5.28 Å². The minimum absolute atomic E-state index is 0.182. The van der Waals surface area contributed by atoms with Crippen LogP contribution in [0.2, 0.25) is 5.28 Å². The van der Waals surface area contributed by atoms with Crippen LogP contribution in [0.5, 0.6) is 0 Å². The van der Waals surface area contributed by atoms with Crippen LogP contribution < -0.4 is 0 Å². The Labute approximate surface area is 236 Å². The summed E-state index contributed by atoms with van der Waals surface area (Å²) in [5.41, 5.74) is 9.67. The summed E-state index contributed by atoms with van der Waals surface area (Å²) in [5, 5.41) is 11.7. The Hall–Kier alpha value is -5.24. The van der Waals surface area contributed by atoms with E-state index in [0.717, 1.165) is 33.6 Å². The lowest BCUT2D eigenvalue weighted by atomic mass is 10.00. The van der Waals surface area contributed by atoms with E-state index < -0.39 is 0 Å². The summed E-state index contributed by atoms with van der Waals surface area (Å²) < 4.78 is 2.32. The Kier molecular flexibility index (Phi) is 5.85. The second-order valence-electron chi connectivity index (χ2n) is 9.59. The van der Waals surface area contributed by atoms with Gasteiger partial charge in [0.1, 0.15) is 0 Å². The largest absolute Gasteiger partial charge is 0.309 e. The lowest BCUT2D eigenvalue weighted by Gasteiger charge is -2.09. The first-order chi connectivity index (χ1) is 19.7. The number of benzene rings is 5. The van der Waals surface area contributed by atoms with E-state index in [4.69, 9.17) is 16.9 Å². The average Bonchev–Trinajstić information content (AvgIpc) is 3.35. The zero-order valence-corrected chi connectivity index (χ0v) is 22.0. The molecule has 0 amide bonds. The lowest BCUT2D eigenvalue weighted by molar-refractivity contribution is 1.18. The molecule has 0 aliphatic rings. The van der Waals surface area contributed by atoms with Crippen molar-refractivity contribution in [1.82, 2.24) is 14.5 Å². The highest BCUT2D eigenvalue weighted by Gasteiger charge is 2.13. The molecule has 188 valence electrons. The maximum absolute atomic E-state index is 9.09. The lowest BCUT2D eigenvalue weighted by Crippen LogP contribution is -1.93. The molecular weight excluding hydrogens is 512 g/mol. The van der Waals surface area contributed by atoms with Gasteiger partial charge in [-0.15, -0.1) is 0 Å². The molecule has 2 aromatic heterocycles. The number of fused-ring (bicyclic) bond motifs is 3. The number of para-hydroxylation sites is 2. The van der Waals surface area contributed by atoms with Crippen LogP contribution in [-0.2, 0) is 0 Å². The first kappa shape index (κ1) is 23.8.